The zero-order valence-corrected chi connectivity index (χ0v) is 26.7. The Morgan fingerprint density at radius 1 is 1.21 bits per heavy atom. The van der Waals surface area contributed by atoms with Crippen LogP contribution in [-0.2, 0) is 11.3 Å². The Balaban J connectivity index is 1.48. The van der Waals surface area contributed by atoms with Crippen LogP contribution in [0.5, 0.6) is 5.75 Å². The van der Waals surface area contributed by atoms with Gasteiger partial charge in [-0.3, -0.25) is 9.69 Å². The normalized spacial score (nSPS) is 19.3. The molecule has 16 heteroatoms. The summed E-state index contributed by atoms with van der Waals surface area (Å²) in [6, 6.07) is -0.448. The maximum Gasteiger partial charge on any atom is 0.408 e. The van der Waals surface area contributed by atoms with Gasteiger partial charge in [0.2, 0.25) is 17.8 Å². The van der Waals surface area contributed by atoms with Crippen LogP contribution in [0.2, 0.25) is 0 Å². The van der Waals surface area contributed by atoms with E-state index < -0.39 is 55.5 Å². The summed E-state index contributed by atoms with van der Waals surface area (Å²) in [6.45, 7) is 6.45. The molecule has 0 unspecified atom stereocenters. The van der Waals surface area contributed by atoms with Crippen LogP contribution in [0, 0.1) is 5.92 Å². The van der Waals surface area contributed by atoms with Crippen LogP contribution in [0.4, 0.5) is 55.6 Å². The van der Waals surface area contributed by atoms with Gasteiger partial charge in [-0.15, -0.1) is 0 Å². The third kappa shape index (κ3) is 7.36. The van der Waals surface area contributed by atoms with Gasteiger partial charge in [0.15, 0.2) is 0 Å². The third-order valence-corrected chi connectivity index (χ3v) is 8.78. The van der Waals surface area contributed by atoms with E-state index in [4.69, 9.17) is 4.74 Å². The first-order chi connectivity index (χ1) is 22.1. The van der Waals surface area contributed by atoms with Crippen molar-refractivity contribution in [3.63, 3.8) is 0 Å². The zero-order valence-electron chi connectivity index (χ0n) is 26.7. The fraction of sp³-hybridized carbons (Fsp3) is 0.548. The maximum atomic E-state index is 14.0. The quantitative estimate of drug-likeness (QED) is 0.249. The predicted molar refractivity (Wildman–Crippen MR) is 168 cm³/mol. The summed E-state index contributed by atoms with van der Waals surface area (Å²) in [5.74, 6) is -2.47. The number of hydrogen-bond donors (Lipinski definition) is 2. The van der Waals surface area contributed by atoms with Crippen molar-refractivity contribution in [1.82, 2.24) is 19.8 Å². The number of ether oxygens (including phenoxy) is 1. The minimum atomic E-state index is -4.70. The topological polar surface area (TPSA) is 106 Å². The first-order valence-corrected chi connectivity index (χ1v) is 15.3. The largest absolute Gasteiger partial charge is 0.494 e. The standard InChI is InChI=1S/C31H39F5N8O3/c1-6-26(45)38-22-11-23(25(47-5)12-24(22)42-15-19(16-42)14-41(3)4)39-28-37-13-20-17-43(18(2)31(34,35)36)29(46)44(27(20)40-28)21-7-9-30(32,33)10-8-21/h6,11-13,18-19,21H,1,7-10,14-17H2,2-5H3,(H,38,45)(H,37,39,40)/t18-/m0/s1. The lowest BCUT2D eigenvalue weighted by molar-refractivity contribution is -0.172. The predicted octanol–water partition coefficient (Wildman–Crippen LogP) is 5.62. The molecule has 1 aromatic heterocycles. The van der Waals surface area contributed by atoms with E-state index in [-0.39, 0.29) is 30.2 Å². The highest BCUT2D eigenvalue weighted by atomic mass is 19.4. The summed E-state index contributed by atoms with van der Waals surface area (Å²) in [4.78, 5) is 40.8. The number of rotatable bonds is 10. The fourth-order valence-electron chi connectivity index (χ4n) is 6.25. The second-order valence-electron chi connectivity index (χ2n) is 12.5. The van der Waals surface area contributed by atoms with Gasteiger partial charge in [-0.1, -0.05) is 6.58 Å². The van der Waals surface area contributed by atoms with E-state index in [2.05, 4.69) is 37.0 Å². The van der Waals surface area contributed by atoms with Crippen molar-refractivity contribution in [2.75, 3.05) is 61.3 Å². The van der Waals surface area contributed by atoms with Gasteiger partial charge >= 0.3 is 12.2 Å². The number of aromatic nitrogens is 2. The van der Waals surface area contributed by atoms with E-state index >= 15 is 0 Å². The molecule has 0 radical (unpaired) electrons. The molecule has 1 atom stereocenters. The van der Waals surface area contributed by atoms with Crippen LogP contribution in [0.15, 0.2) is 31.0 Å². The van der Waals surface area contributed by atoms with Crippen molar-refractivity contribution in [2.24, 2.45) is 5.92 Å². The minimum Gasteiger partial charge on any atom is -0.494 e. The molecule has 256 valence electrons. The van der Waals surface area contributed by atoms with Crippen molar-refractivity contribution < 1.29 is 36.3 Å². The molecule has 47 heavy (non-hydrogen) atoms. The summed E-state index contributed by atoms with van der Waals surface area (Å²) in [5, 5.41) is 5.88. The van der Waals surface area contributed by atoms with E-state index in [0.29, 0.717) is 27.9 Å². The molecule has 3 heterocycles. The van der Waals surface area contributed by atoms with Gasteiger partial charge in [0.1, 0.15) is 17.6 Å². The molecule has 0 bridgehead atoms. The van der Waals surface area contributed by atoms with Crippen LogP contribution in [0.3, 0.4) is 0 Å². The number of carbonyl (C=O) groups excluding carboxylic acids is 2. The monoisotopic (exact) mass is 666 g/mol. The summed E-state index contributed by atoms with van der Waals surface area (Å²) in [5.41, 5.74) is 1.80. The molecule has 1 aromatic carbocycles. The second kappa shape index (κ2) is 13.1. The number of anilines is 5. The molecule has 11 nitrogen and oxygen atoms in total. The number of hydrogen-bond acceptors (Lipinski definition) is 8. The number of nitrogens with zero attached hydrogens (tertiary/aromatic N) is 6. The highest BCUT2D eigenvalue weighted by molar-refractivity contribution is 6.02. The lowest BCUT2D eigenvalue weighted by Gasteiger charge is -2.44. The maximum absolute atomic E-state index is 14.0. The van der Waals surface area contributed by atoms with Gasteiger partial charge in [-0.2, -0.15) is 18.2 Å². The smallest absolute Gasteiger partial charge is 0.408 e. The average Bonchev–Trinajstić information content (AvgIpc) is 2.98. The van der Waals surface area contributed by atoms with Crippen LogP contribution in [0.25, 0.3) is 0 Å². The number of nitrogens with one attached hydrogen (secondary N) is 2. The third-order valence-electron chi connectivity index (χ3n) is 8.78. The van der Waals surface area contributed by atoms with Crippen molar-refractivity contribution in [2.45, 2.75) is 63.3 Å². The lowest BCUT2D eigenvalue weighted by Crippen LogP contribution is -2.58. The molecule has 2 N–H and O–H groups in total. The van der Waals surface area contributed by atoms with Gasteiger partial charge in [0, 0.05) is 62.3 Å². The molecule has 1 saturated heterocycles. The summed E-state index contributed by atoms with van der Waals surface area (Å²) in [7, 11) is 5.49. The molecule has 1 aliphatic carbocycles. The number of fused-ring (bicyclic) bond motifs is 1. The van der Waals surface area contributed by atoms with Gasteiger partial charge in [0.05, 0.1) is 30.7 Å². The Morgan fingerprint density at radius 2 is 1.89 bits per heavy atom. The Kier molecular flexibility index (Phi) is 9.53. The number of urea groups is 1. The molecular weight excluding hydrogens is 627 g/mol. The van der Waals surface area contributed by atoms with Gasteiger partial charge in [-0.25, -0.2) is 18.6 Å². The second-order valence-corrected chi connectivity index (χ2v) is 12.5. The first-order valence-electron chi connectivity index (χ1n) is 15.3. The Labute approximate surface area is 269 Å². The zero-order chi connectivity index (χ0) is 34.3. The Morgan fingerprint density at radius 3 is 2.49 bits per heavy atom. The molecule has 3 amide bonds. The number of amides is 3. The molecule has 2 aromatic rings. The van der Waals surface area contributed by atoms with E-state index in [1.165, 1.54) is 13.3 Å². The number of benzene rings is 1. The fourth-order valence-corrected chi connectivity index (χ4v) is 6.25. The summed E-state index contributed by atoms with van der Waals surface area (Å²) >= 11 is 0. The summed E-state index contributed by atoms with van der Waals surface area (Å²) < 4.78 is 75.0. The van der Waals surface area contributed by atoms with Crippen molar-refractivity contribution in [3.05, 3.63) is 36.5 Å². The Hall–Kier alpha value is -4.21. The van der Waals surface area contributed by atoms with E-state index in [0.717, 1.165) is 43.2 Å². The van der Waals surface area contributed by atoms with Crippen molar-refractivity contribution in [1.29, 1.82) is 0 Å². The van der Waals surface area contributed by atoms with Crippen LogP contribution < -0.4 is 25.2 Å². The molecule has 2 fully saturated rings. The molecule has 3 aliphatic rings. The van der Waals surface area contributed by atoms with Crippen LogP contribution >= 0.6 is 0 Å². The van der Waals surface area contributed by atoms with Gasteiger partial charge in [-0.05, 0) is 46.0 Å². The Bertz CT molecular complexity index is 1500. The number of halogens is 5. The van der Waals surface area contributed by atoms with Crippen LogP contribution in [0.1, 0.15) is 38.2 Å². The van der Waals surface area contributed by atoms with Gasteiger partial charge < -0.3 is 30.1 Å². The number of alkyl halides is 5. The first kappa shape index (κ1) is 34.1. The lowest BCUT2D eigenvalue weighted by atomic mass is 9.90. The van der Waals surface area contributed by atoms with Crippen LogP contribution in [-0.4, -0.2) is 96.7 Å². The van der Waals surface area contributed by atoms with E-state index in [1.54, 1.807) is 12.1 Å². The average molecular weight is 667 g/mol. The number of carbonyl (C=O) groups is 2. The highest BCUT2D eigenvalue weighted by Gasteiger charge is 2.48. The number of methoxy groups -OCH3 is 1. The minimum absolute atomic E-state index is 0.0120. The van der Waals surface area contributed by atoms with Crippen molar-refractivity contribution >= 4 is 40.8 Å². The molecule has 0 spiro atoms. The molecule has 1 saturated carbocycles. The molecule has 2 aliphatic heterocycles. The van der Waals surface area contributed by atoms with Crippen molar-refractivity contribution in [3.8, 4) is 5.75 Å². The van der Waals surface area contributed by atoms with E-state index in [9.17, 15) is 31.5 Å². The summed E-state index contributed by atoms with van der Waals surface area (Å²) in [6.07, 6.45) is -3.45. The molecular formula is C31H39F5N8O3. The highest BCUT2D eigenvalue weighted by Crippen LogP contribution is 2.43. The van der Waals surface area contributed by atoms with E-state index in [1.807, 2.05) is 14.1 Å². The SMILES string of the molecule is C=CC(=O)Nc1cc(Nc2ncc3c(n2)N(C2CCC(F)(F)CC2)C(=O)N([C@@H](C)C(F)(F)F)C3)c(OC)cc1N1CC(CN(C)C)C1. The van der Waals surface area contributed by atoms with Gasteiger partial charge in [0.25, 0.3) is 0 Å². The molecule has 5 rings (SSSR count).